The van der Waals surface area contributed by atoms with Gasteiger partial charge in [-0.1, -0.05) is 12.1 Å². The van der Waals surface area contributed by atoms with Gasteiger partial charge in [-0.3, -0.25) is 0 Å². The molecule has 0 bridgehead atoms. The van der Waals surface area contributed by atoms with Crippen LogP contribution in [0, 0.1) is 5.82 Å². The van der Waals surface area contributed by atoms with E-state index in [1.807, 2.05) is 0 Å². The van der Waals surface area contributed by atoms with Gasteiger partial charge < -0.3 is 5.11 Å². The normalized spacial score (nSPS) is 11.8. The van der Waals surface area contributed by atoms with E-state index in [-0.39, 0.29) is 23.0 Å². The van der Waals surface area contributed by atoms with Gasteiger partial charge in [0.15, 0.2) is 0 Å². The van der Waals surface area contributed by atoms with Gasteiger partial charge >= 0.3 is 0 Å². The smallest absolute Gasteiger partial charge is 0.243 e. The third-order valence-electron chi connectivity index (χ3n) is 2.86. The summed E-state index contributed by atoms with van der Waals surface area (Å²) in [6, 6.07) is 11.0. The van der Waals surface area contributed by atoms with Gasteiger partial charge in [0.25, 0.3) is 0 Å². The van der Waals surface area contributed by atoms with Crippen molar-refractivity contribution in [3.63, 3.8) is 0 Å². The summed E-state index contributed by atoms with van der Waals surface area (Å²) in [5, 5.41) is 9.18. The van der Waals surface area contributed by atoms with Crippen LogP contribution in [0.15, 0.2) is 53.4 Å². The van der Waals surface area contributed by atoms with E-state index >= 15 is 0 Å². The van der Waals surface area contributed by atoms with Crippen molar-refractivity contribution in [1.82, 2.24) is 4.31 Å². The van der Waals surface area contributed by atoms with Crippen LogP contribution in [0.3, 0.4) is 0 Å². The molecule has 2 aromatic carbocycles. The molecule has 2 aromatic rings. The number of phenolic OH excluding ortho intramolecular Hbond substituents is 1. The Balaban J connectivity index is 2.21. The number of phenols is 1. The number of aromatic hydroxyl groups is 1. The van der Waals surface area contributed by atoms with E-state index in [0.717, 1.165) is 0 Å². The fraction of sp³-hybridized carbons (Fsp3) is 0.143. The highest BCUT2D eigenvalue weighted by atomic mass is 32.2. The lowest BCUT2D eigenvalue weighted by Gasteiger charge is -2.17. The van der Waals surface area contributed by atoms with E-state index in [0.29, 0.717) is 5.56 Å². The summed E-state index contributed by atoms with van der Waals surface area (Å²) in [7, 11) is -2.19. The van der Waals surface area contributed by atoms with Crippen molar-refractivity contribution in [2.45, 2.75) is 11.4 Å². The first-order valence-corrected chi connectivity index (χ1v) is 7.33. The second-order valence-electron chi connectivity index (χ2n) is 4.38. The first-order chi connectivity index (χ1) is 9.39. The minimum atomic E-state index is -3.64. The van der Waals surface area contributed by atoms with Crippen LogP contribution in [0.2, 0.25) is 0 Å². The molecule has 4 nitrogen and oxygen atoms in total. The fourth-order valence-electron chi connectivity index (χ4n) is 1.73. The summed E-state index contributed by atoms with van der Waals surface area (Å²) in [6.07, 6.45) is 0. The maximum absolute atomic E-state index is 12.8. The molecule has 0 aromatic heterocycles. The fourth-order valence-corrected chi connectivity index (χ4v) is 2.89. The standard InChI is InChI=1S/C14H14FNO3S/c1-16(10-11-2-4-12(15)5-3-11)20(18,19)14-8-6-13(17)7-9-14/h2-9,17H,10H2,1H3. The summed E-state index contributed by atoms with van der Waals surface area (Å²) in [5.41, 5.74) is 0.691. The zero-order chi connectivity index (χ0) is 14.8. The van der Waals surface area contributed by atoms with Gasteiger partial charge in [-0.05, 0) is 42.0 Å². The van der Waals surface area contributed by atoms with E-state index in [2.05, 4.69) is 0 Å². The number of hydrogen-bond acceptors (Lipinski definition) is 3. The molecule has 0 atom stereocenters. The van der Waals surface area contributed by atoms with Crippen LogP contribution < -0.4 is 0 Å². The maximum atomic E-state index is 12.8. The minimum Gasteiger partial charge on any atom is -0.508 e. The van der Waals surface area contributed by atoms with Crippen molar-refractivity contribution in [3.05, 3.63) is 59.9 Å². The first-order valence-electron chi connectivity index (χ1n) is 5.89. The molecule has 0 saturated carbocycles. The summed E-state index contributed by atoms with van der Waals surface area (Å²) in [5.74, 6) is -0.358. The second-order valence-corrected chi connectivity index (χ2v) is 6.43. The molecule has 1 N–H and O–H groups in total. The molecule has 0 saturated heterocycles. The van der Waals surface area contributed by atoms with Crippen LogP contribution in [0.5, 0.6) is 5.75 Å². The van der Waals surface area contributed by atoms with Crippen LogP contribution in [-0.2, 0) is 16.6 Å². The quantitative estimate of drug-likeness (QED) is 0.942. The predicted molar refractivity (Wildman–Crippen MR) is 73.2 cm³/mol. The highest BCUT2D eigenvalue weighted by Gasteiger charge is 2.20. The van der Waals surface area contributed by atoms with E-state index in [1.165, 1.54) is 59.9 Å². The first kappa shape index (κ1) is 14.5. The average Bonchev–Trinajstić information content (AvgIpc) is 2.42. The molecular weight excluding hydrogens is 281 g/mol. The third kappa shape index (κ3) is 3.15. The Hall–Kier alpha value is -1.92. The van der Waals surface area contributed by atoms with Gasteiger partial charge in [0, 0.05) is 13.6 Å². The zero-order valence-electron chi connectivity index (χ0n) is 10.8. The third-order valence-corrected chi connectivity index (χ3v) is 4.68. The van der Waals surface area contributed by atoms with Crippen molar-refractivity contribution in [3.8, 4) is 5.75 Å². The van der Waals surface area contributed by atoms with Crippen LogP contribution in [0.1, 0.15) is 5.56 Å². The van der Waals surface area contributed by atoms with E-state index < -0.39 is 10.0 Å². The van der Waals surface area contributed by atoms with Crippen molar-refractivity contribution in [2.75, 3.05) is 7.05 Å². The molecule has 6 heteroatoms. The van der Waals surface area contributed by atoms with Gasteiger partial charge in [0.05, 0.1) is 4.90 Å². The molecule has 106 valence electrons. The Bertz CT molecular complexity index is 681. The summed E-state index contributed by atoms with van der Waals surface area (Å²) in [4.78, 5) is 0.0971. The van der Waals surface area contributed by atoms with Gasteiger partial charge in [0.2, 0.25) is 10.0 Å². The number of rotatable bonds is 4. The summed E-state index contributed by atoms with van der Waals surface area (Å²) in [6.45, 7) is 0.142. The molecule has 0 spiro atoms. The lowest BCUT2D eigenvalue weighted by Crippen LogP contribution is -2.26. The predicted octanol–water partition coefficient (Wildman–Crippen LogP) is 2.35. The lowest BCUT2D eigenvalue weighted by molar-refractivity contribution is 0.464. The van der Waals surface area contributed by atoms with Gasteiger partial charge in [0.1, 0.15) is 11.6 Å². The topological polar surface area (TPSA) is 57.6 Å². The number of hydrogen-bond donors (Lipinski definition) is 1. The Morgan fingerprint density at radius 2 is 1.60 bits per heavy atom. The number of halogens is 1. The highest BCUT2D eigenvalue weighted by molar-refractivity contribution is 7.89. The van der Waals surface area contributed by atoms with Crippen molar-refractivity contribution in [2.24, 2.45) is 0 Å². The lowest BCUT2D eigenvalue weighted by atomic mass is 10.2. The highest BCUT2D eigenvalue weighted by Crippen LogP contribution is 2.19. The number of nitrogens with zero attached hydrogens (tertiary/aromatic N) is 1. The van der Waals surface area contributed by atoms with E-state index in [4.69, 9.17) is 0 Å². The SMILES string of the molecule is CN(Cc1ccc(F)cc1)S(=O)(=O)c1ccc(O)cc1. The van der Waals surface area contributed by atoms with E-state index in [1.54, 1.807) is 0 Å². The average molecular weight is 295 g/mol. The molecule has 0 heterocycles. The number of benzene rings is 2. The van der Waals surface area contributed by atoms with Crippen molar-refractivity contribution < 1.29 is 17.9 Å². The molecule has 0 aliphatic carbocycles. The van der Waals surface area contributed by atoms with Gasteiger partial charge in [-0.2, -0.15) is 4.31 Å². The summed E-state index contributed by atoms with van der Waals surface area (Å²) < 4.78 is 38.5. The largest absolute Gasteiger partial charge is 0.508 e. The summed E-state index contributed by atoms with van der Waals surface area (Å²) >= 11 is 0. The molecule has 2 rings (SSSR count). The molecule has 0 amide bonds. The zero-order valence-corrected chi connectivity index (χ0v) is 11.6. The van der Waals surface area contributed by atoms with Crippen molar-refractivity contribution >= 4 is 10.0 Å². The molecule has 0 radical (unpaired) electrons. The van der Waals surface area contributed by atoms with Crippen molar-refractivity contribution in [1.29, 1.82) is 0 Å². The number of sulfonamides is 1. The second kappa shape index (κ2) is 5.60. The molecule has 0 unspecified atom stereocenters. The molecule has 0 aliphatic rings. The molecule has 0 fully saturated rings. The van der Waals surface area contributed by atoms with Crippen LogP contribution >= 0.6 is 0 Å². The minimum absolute atomic E-state index is 0.00476. The molecule has 0 aliphatic heterocycles. The monoisotopic (exact) mass is 295 g/mol. The van der Waals surface area contributed by atoms with Crippen LogP contribution in [0.4, 0.5) is 4.39 Å². The van der Waals surface area contributed by atoms with Gasteiger partial charge in [-0.15, -0.1) is 0 Å². The Morgan fingerprint density at radius 1 is 1.05 bits per heavy atom. The Kier molecular flexibility index (Phi) is 4.06. The van der Waals surface area contributed by atoms with Gasteiger partial charge in [-0.25, -0.2) is 12.8 Å². The molecular formula is C14H14FNO3S. The van der Waals surface area contributed by atoms with Crippen LogP contribution in [-0.4, -0.2) is 24.9 Å². The Morgan fingerprint density at radius 3 is 2.15 bits per heavy atom. The Labute approximate surface area is 117 Å². The van der Waals surface area contributed by atoms with Crippen LogP contribution in [0.25, 0.3) is 0 Å². The molecule has 20 heavy (non-hydrogen) atoms. The van der Waals surface area contributed by atoms with E-state index in [9.17, 15) is 17.9 Å². The maximum Gasteiger partial charge on any atom is 0.243 e.